The van der Waals surface area contributed by atoms with Crippen LogP contribution in [-0.4, -0.2) is 12.6 Å². The van der Waals surface area contributed by atoms with Crippen LogP contribution in [0.15, 0.2) is 110 Å². The van der Waals surface area contributed by atoms with Crippen molar-refractivity contribution < 1.29 is 9.53 Å². The zero-order valence-electron chi connectivity index (χ0n) is 16.8. The van der Waals surface area contributed by atoms with Gasteiger partial charge in [0, 0.05) is 11.6 Å². The molecule has 0 spiro atoms. The van der Waals surface area contributed by atoms with E-state index in [1.807, 2.05) is 85.0 Å². The number of carbonyl (C=O) groups excluding carboxylic acids is 1. The lowest BCUT2D eigenvalue weighted by Gasteiger charge is -1.97. The van der Waals surface area contributed by atoms with Crippen LogP contribution in [0, 0.1) is 11.3 Å². The average molecular weight is 386 g/mol. The van der Waals surface area contributed by atoms with Crippen molar-refractivity contribution >= 4 is 18.1 Å². The molecule has 0 N–H and O–H groups in total. The van der Waals surface area contributed by atoms with Gasteiger partial charge in [-0.25, -0.2) is 4.79 Å². The summed E-state index contributed by atoms with van der Waals surface area (Å²) in [4.78, 5) is 10.5. The first-order chi connectivity index (χ1) is 14.0. The molecule has 0 unspecified atom stereocenters. The molecule has 0 fully saturated rings. The number of allylic oxidation sites excluding steroid dienone is 3. The maximum Gasteiger partial charge on any atom is 0.333 e. The smallest absolute Gasteiger partial charge is 0.333 e. The molecule has 0 heterocycles. The summed E-state index contributed by atoms with van der Waals surface area (Å²) >= 11 is 0. The van der Waals surface area contributed by atoms with Gasteiger partial charge in [0.15, 0.2) is 0 Å². The molecule has 0 bridgehead atoms. The lowest BCUT2D eigenvalue weighted by molar-refractivity contribution is -0.137. The Labute approximate surface area is 174 Å². The Hall–Kier alpha value is -3.90. The fourth-order valence-electron chi connectivity index (χ4n) is 1.68. The van der Waals surface area contributed by atoms with Crippen LogP contribution in [0.2, 0.25) is 0 Å². The monoisotopic (exact) mass is 385 g/mol. The topological polar surface area (TPSA) is 50.1 Å². The number of carbonyl (C=O) groups is 1. The van der Waals surface area contributed by atoms with E-state index in [2.05, 4.69) is 24.5 Å². The van der Waals surface area contributed by atoms with Gasteiger partial charge in [-0.05, 0) is 18.1 Å². The molecule has 2 aromatic carbocycles. The first-order valence-electron chi connectivity index (χ1n) is 8.94. The van der Waals surface area contributed by atoms with Gasteiger partial charge in [0.05, 0.1) is 6.07 Å². The van der Waals surface area contributed by atoms with Gasteiger partial charge < -0.3 is 4.74 Å². The number of esters is 1. The van der Waals surface area contributed by atoms with Crippen LogP contribution >= 0.6 is 0 Å². The molecule has 0 radical (unpaired) electrons. The standard InChI is InChI=1S/C11H9N.C8H8.C7H10O2/c12-10-6-2-5-9-11-7-3-1-4-8-11;1-2-8-6-4-3-5-7-8;1-4-5-9-7(8)6(2)3/h1-9H;2-7H,1H2;4H,1-2,5H2,3H3. The Morgan fingerprint density at radius 3 is 1.97 bits per heavy atom. The Morgan fingerprint density at radius 2 is 1.55 bits per heavy atom. The summed E-state index contributed by atoms with van der Waals surface area (Å²) in [5.41, 5.74) is 2.73. The normalized spacial score (nSPS) is 9.24. The molecule has 2 aromatic rings. The van der Waals surface area contributed by atoms with Crippen LogP contribution in [0.5, 0.6) is 0 Å². The van der Waals surface area contributed by atoms with E-state index < -0.39 is 0 Å². The van der Waals surface area contributed by atoms with Crippen molar-refractivity contribution in [2.45, 2.75) is 6.92 Å². The Morgan fingerprint density at radius 1 is 1.00 bits per heavy atom. The van der Waals surface area contributed by atoms with Gasteiger partial charge in [0.2, 0.25) is 0 Å². The van der Waals surface area contributed by atoms with Gasteiger partial charge in [-0.2, -0.15) is 5.26 Å². The highest BCUT2D eigenvalue weighted by molar-refractivity contribution is 5.86. The second-order valence-electron chi connectivity index (χ2n) is 5.54. The van der Waals surface area contributed by atoms with Gasteiger partial charge in [-0.1, -0.05) is 111 Å². The van der Waals surface area contributed by atoms with E-state index in [-0.39, 0.29) is 12.6 Å². The van der Waals surface area contributed by atoms with E-state index in [9.17, 15) is 4.79 Å². The van der Waals surface area contributed by atoms with Crippen LogP contribution in [-0.2, 0) is 9.53 Å². The third-order valence-corrected chi connectivity index (χ3v) is 3.09. The molecule has 0 aliphatic rings. The van der Waals surface area contributed by atoms with Gasteiger partial charge >= 0.3 is 5.97 Å². The van der Waals surface area contributed by atoms with Crippen LogP contribution < -0.4 is 0 Å². The SMILES string of the molecule is C=CCOC(=O)C(=C)C.C=Cc1ccccc1.N#CC=CC=Cc1ccccc1. The van der Waals surface area contributed by atoms with Crippen molar-refractivity contribution in [3.8, 4) is 6.07 Å². The van der Waals surface area contributed by atoms with Crippen LogP contribution in [0.4, 0.5) is 0 Å². The van der Waals surface area contributed by atoms with Gasteiger partial charge in [-0.15, -0.1) is 0 Å². The fourth-order valence-corrected chi connectivity index (χ4v) is 1.68. The van der Waals surface area contributed by atoms with Crippen LogP contribution in [0.1, 0.15) is 18.1 Å². The summed E-state index contributed by atoms with van der Waals surface area (Å²) in [7, 11) is 0. The third kappa shape index (κ3) is 14.9. The van der Waals surface area contributed by atoms with Crippen LogP contribution in [0.25, 0.3) is 12.2 Å². The minimum absolute atomic E-state index is 0.256. The number of benzene rings is 2. The van der Waals surface area contributed by atoms with Crippen molar-refractivity contribution in [2.24, 2.45) is 0 Å². The minimum Gasteiger partial charge on any atom is -0.458 e. The Balaban J connectivity index is 0.000000416. The highest BCUT2D eigenvalue weighted by atomic mass is 16.5. The molecule has 0 aliphatic carbocycles. The van der Waals surface area contributed by atoms with Crippen molar-refractivity contribution in [3.05, 3.63) is 121 Å². The van der Waals surface area contributed by atoms with Gasteiger partial charge in [0.1, 0.15) is 6.61 Å². The molecule has 29 heavy (non-hydrogen) atoms. The molecule has 2 rings (SSSR count). The zero-order chi connectivity index (χ0) is 21.7. The van der Waals surface area contributed by atoms with E-state index in [1.54, 1.807) is 13.0 Å². The molecule has 0 aromatic heterocycles. The predicted molar refractivity (Wildman–Crippen MR) is 123 cm³/mol. The third-order valence-electron chi connectivity index (χ3n) is 3.09. The van der Waals surface area contributed by atoms with E-state index in [4.69, 9.17) is 5.26 Å². The summed E-state index contributed by atoms with van der Waals surface area (Å²) < 4.78 is 4.60. The molecule has 148 valence electrons. The molecule has 3 heteroatoms. The van der Waals surface area contributed by atoms with Crippen molar-refractivity contribution in [2.75, 3.05) is 6.61 Å². The number of hydrogen-bond acceptors (Lipinski definition) is 3. The molecule has 3 nitrogen and oxygen atoms in total. The molecule has 0 amide bonds. The maximum atomic E-state index is 10.5. The highest BCUT2D eigenvalue weighted by Gasteiger charge is 1.98. The quantitative estimate of drug-likeness (QED) is 0.190. The van der Waals surface area contributed by atoms with Gasteiger partial charge in [0.25, 0.3) is 0 Å². The predicted octanol–water partition coefficient (Wildman–Crippen LogP) is 6.40. The second-order valence-corrected chi connectivity index (χ2v) is 5.54. The van der Waals surface area contributed by atoms with Crippen LogP contribution in [0.3, 0.4) is 0 Å². The summed E-state index contributed by atoms with van der Waals surface area (Å²) in [5, 5.41) is 8.19. The van der Waals surface area contributed by atoms with E-state index in [0.717, 1.165) is 5.56 Å². The van der Waals surface area contributed by atoms with Crippen molar-refractivity contribution in [1.82, 2.24) is 0 Å². The second kappa shape index (κ2) is 17.5. The molecular weight excluding hydrogens is 358 g/mol. The first kappa shape index (κ1) is 25.1. The summed E-state index contributed by atoms with van der Waals surface area (Å²) in [5.74, 6) is -0.366. The van der Waals surface area contributed by atoms with Crippen molar-refractivity contribution in [3.63, 3.8) is 0 Å². The Kier molecular flexibility index (Phi) is 15.2. The van der Waals surface area contributed by atoms with E-state index >= 15 is 0 Å². The molecule has 0 aliphatic heterocycles. The lowest BCUT2D eigenvalue weighted by atomic mass is 10.2. The minimum atomic E-state index is -0.366. The largest absolute Gasteiger partial charge is 0.458 e. The number of nitriles is 1. The fraction of sp³-hybridized carbons (Fsp3) is 0.0769. The van der Waals surface area contributed by atoms with Gasteiger partial charge in [-0.3, -0.25) is 0 Å². The summed E-state index contributed by atoms with van der Waals surface area (Å²) in [6.07, 6.45) is 10.3. The number of ether oxygens (including phenoxy) is 1. The molecule has 0 saturated heterocycles. The first-order valence-corrected chi connectivity index (χ1v) is 8.94. The zero-order valence-corrected chi connectivity index (χ0v) is 16.8. The van der Waals surface area contributed by atoms with E-state index in [1.165, 1.54) is 17.7 Å². The maximum absolute atomic E-state index is 10.5. The highest BCUT2D eigenvalue weighted by Crippen LogP contribution is 2.00. The molecular formula is C26H27NO2. The summed E-state index contributed by atoms with van der Waals surface area (Å²) in [6.45, 7) is 12.3. The molecule has 0 saturated carbocycles. The number of rotatable bonds is 6. The summed E-state index contributed by atoms with van der Waals surface area (Å²) in [6, 6.07) is 21.9. The average Bonchev–Trinajstić information content (AvgIpc) is 2.77. The van der Waals surface area contributed by atoms with Crippen molar-refractivity contribution in [1.29, 1.82) is 5.26 Å². The molecule has 0 atom stereocenters. The lowest BCUT2D eigenvalue weighted by Crippen LogP contribution is -2.03. The Bertz CT molecular complexity index is 841. The van der Waals surface area contributed by atoms with E-state index in [0.29, 0.717) is 5.57 Å². The number of nitrogens with zero attached hydrogens (tertiary/aromatic N) is 1. The number of hydrogen-bond donors (Lipinski definition) is 0.